The molecule has 0 amide bonds. The van der Waals surface area contributed by atoms with Gasteiger partial charge in [0.25, 0.3) is 0 Å². The second kappa shape index (κ2) is 6.37. The normalized spacial score (nSPS) is 12.3. The maximum atomic E-state index is 8.88. The standard InChI is InChI=1S/C7H16N2OS/c1-3-4-8-7(11)9-5-6(2)10/h6,10H,3-5H2,1-2H3,(H2,8,9,11)/t6-/m0/s1. The van der Waals surface area contributed by atoms with Crippen LogP contribution in [0.4, 0.5) is 0 Å². The summed E-state index contributed by atoms with van der Waals surface area (Å²) in [6.07, 6.45) is 0.702. The van der Waals surface area contributed by atoms with E-state index >= 15 is 0 Å². The summed E-state index contributed by atoms with van der Waals surface area (Å²) in [6, 6.07) is 0. The molecule has 0 spiro atoms. The van der Waals surface area contributed by atoms with E-state index in [-0.39, 0.29) is 6.10 Å². The Balaban J connectivity index is 3.23. The molecule has 0 rings (SSSR count). The van der Waals surface area contributed by atoms with Crippen molar-refractivity contribution >= 4 is 17.3 Å². The van der Waals surface area contributed by atoms with E-state index in [1.165, 1.54) is 0 Å². The number of hydrogen-bond donors (Lipinski definition) is 3. The quantitative estimate of drug-likeness (QED) is 0.537. The van der Waals surface area contributed by atoms with Gasteiger partial charge >= 0.3 is 0 Å². The highest BCUT2D eigenvalue weighted by molar-refractivity contribution is 7.80. The van der Waals surface area contributed by atoms with Gasteiger partial charge in [0.2, 0.25) is 0 Å². The van der Waals surface area contributed by atoms with Crippen LogP contribution in [0.5, 0.6) is 0 Å². The minimum Gasteiger partial charge on any atom is -0.392 e. The number of hydrogen-bond acceptors (Lipinski definition) is 2. The summed E-state index contributed by atoms with van der Waals surface area (Å²) in [6.45, 7) is 5.18. The lowest BCUT2D eigenvalue weighted by Gasteiger charge is -2.10. The van der Waals surface area contributed by atoms with Crippen molar-refractivity contribution in [2.45, 2.75) is 26.4 Å². The third-order valence-electron chi connectivity index (χ3n) is 1.09. The first kappa shape index (κ1) is 10.7. The number of aliphatic hydroxyl groups excluding tert-OH is 1. The molecule has 66 valence electrons. The highest BCUT2D eigenvalue weighted by Gasteiger charge is 1.96. The molecule has 4 heteroatoms. The molecule has 0 fully saturated rings. The lowest BCUT2D eigenvalue weighted by molar-refractivity contribution is 0.198. The molecule has 1 atom stereocenters. The molecule has 0 aliphatic heterocycles. The Bertz CT molecular complexity index is 117. The molecule has 0 saturated heterocycles. The zero-order valence-corrected chi connectivity index (χ0v) is 7.87. The van der Waals surface area contributed by atoms with Crippen molar-refractivity contribution in [3.05, 3.63) is 0 Å². The Hall–Kier alpha value is -0.350. The van der Waals surface area contributed by atoms with Crippen LogP contribution < -0.4 is 10.6 Å². The Morgan fingerprint density at radius 1 is 1.55 bits per heavy atom. The molecule has 0 aliphatic carbocycles. The Labute approximate surface area is 73.2 Å². The van der Waals surface area contributed by atoms with Crippen LogP contribution >= 0.6 is 12.2 Å². The van der Waals surface area contributed by atoms with Crippen molar-refractivity contribution in [3.63, 3.8) is 0 Å². The molecule has 0 aromatic heterocycles. The fraction of sp³-hybridized carbons (Fsp3) is 0.857. The molecule has 3 nitrogen and oxygen atoms in total. The van der Waals surface area contributed by atoms with Gasteiger partial charge in [-0.1, -0.05) is 6.92 Å². The predicted molar refractivity (Wildman–Crippen MR) is 50.6 cm³/mol. The van der Waals surface area contributed by atoms with Crippen LogP contribution in [-0.4, -0.2) is 29.4 Å². The molecule has 0 radical (unpaired) electrons. The van der Waals surface area contributed by atoms with Crippen molar-refractivity contribution in [3.8, 4) is 0 Å². The van der Waals surface area contributed by atoms with E-state index in [2.05, 4.69) is 17.6 Å². The zero-order chi connectivity index (χ0) is 8.69. The predicted octanol–water partition coefficient (Wildman–Crippen LogP) is 0.241. The van der Waals surface area contributed by atoms with E-state index in [9.17, 15) is 0 Å². The summed E-state index contributed by atoms with van der Waals surface area (Å²) in [5.41, 5.74) is 0. The lowest BCUT2D eigenvalue weighted by Crippen LogP contribution is -2.39. The summed E-state index contributed by atoms with van der Waals surface area (Å²) in [5.74, 6) is 0. The summed E-state index contributed by atoms with van der Waals surface area (Å²) < 4.78 is 0. The summed E-state index contributed by atoms with van der Waals surface area (Å²) in [5, 5.41) is 15.4. The van der Waals surface area contributed by atoms with Crippen molar-refractivity contribution in [1.29, 1.82) is 0 Å². The van der Waals surface area contributed by atoms with Crippen LogP contribution in [0, 0.1) is 0 Å². The first-order chi connectivity index (χ1) is 5.16. The van der Waals surface area contributed by atoms with Crippen LogP contribution in [0.1, 0.15) is 20.3 Å². The highest BCUT2D eigenvalue weighted by atomic mass is 32.1. The summed E-state index contributed by atoms with van der Waals surface area (Å²) in [4.78, 5) is 0. The van der Waals surface area contributed by atoms with Gasteiger partial charge in [-0.05, 0) is 25.6 Å². The Kier molecular flexibility index (Phi) is 6.16. The molecule has 0 unspecified atom stereocenters. The van der Waals surface area contributed by atoms with E-state index < -0.39 is 0 Å². The molecule has 0 aromatic carbocycles. The summed E-state index contributed by atoms with van der Waals surface area (Å²) >= 11 is 4.90. The maximum absolute atomic E-state index is 8.88. The van der Waals surface area contributed by atoms with Gasteiger partial charge in [-0.3, -0.25) is 0 Å². The fourth-order valence-corrected chi connectivity index (χ4v) is 0.727. The number of nitrogens with one attached hydrogen (secondary N) is 2. The first-order valence-corrected chi connectivity index (χ1v) is 4.27. The van der Waals surface area contributed by atoms with E-state index in [1.807, 2.05) is 0 Å². The number of aliphatic hydroxyl groups is 1. The second-order valence-electron chi connectivity index (χ2n) is 2.49. The highest BCUT2D eigenvalue weighted by Crippen LogP contribution is 1.76. The molecule has 0 aromatic rings. The van der Waals surface area contributed by atoms with E-state index in [0.717, 1.165) is 13.0 Å². The molecular formula is C7H16N2OS. The smallest absolute Gasteiger partial charge is 0.166 e. The van der Waals surface area contributed by atoms with Crippen LogP contribution in [-0.2, 0) is 0 Å². The van der Waals surface area contributed by atoms with Gasteiger partial charge < -0.3 is 15.7 Å². The molecule has 0 saturated carbocycles. The molecular weight excluding hydrogens is 160 g/mol. The van der Waals surface area contributed by atoms with Gasteiger partial charge in [0.15, 0.2) is 5.11 Å². The minimum absolute atomic E-state index is 0.351. The maximum Gasteiger partial charge on any atom is 0.166 e. The average Bonchev–Trinajstić information content (AvgIpc) is 1.97. The summed E-state index contributed by atoms with van der Waals surface area (Å²) in [7, 11) is 0. The molecule has 11 heavy (non-hydrogen) atoms. The van der Waals surface area contributed by atoms with Gasteiger partial charge in [-0.15, -0.1) is 0 Å². The van der Waals surface area contributed by atoms with Gasteiger partial charge in [0.1, 0.15) is 0 Å². The van der Waals surface area contributed by atoms with Crippen LogP contribution in [0.15, 0.2) is 0 Å². The number of rotatable bonds is 4. The SMILES string of the molecule is CCCNC(=S)NC[C@H](C)O. The van der Waals surface area contributed by atoms with Gasteiger partial charge in [0.05, 0.1) is 6.10 Å². The fourth-order valence-electron chi connectivity index (χ4n) is 0.541. The minimum atomic E-state index is -0.351. The molecule has 0 bridgehead atoms. The molecule has 3 N–H and O–H groups in total. The zero-order valence-electron chi connectivity index (χ0n) is 7.05. The van der Waals surface area contributed by atoms with E-state index in [0.29, 0.717) is 11.7 Å². The monoisotopic (exact) mass is 176 g/mol. The van der Waals surface area contributed by atoms with Gasteiger partial charge in [0, 0.05) is 13.1 Å². The van der Waals surface area contributed by atoms with Gasteiger partial charge in [-0.25, -0.2) is 0 Å². The van der Waals surface area contributed by atoms with Gasteiger partial charge in [-0.2, -0.15) is 0 Å². The Morgan fingerprint density at radius 2 is 2.18 bits per heavy atom. The van der Waals surface area contributed by atoms with Crippen LogP contribution in [0.25, 0.3) is 0 Å². The molecule has 0 aliphatic rings. The first-order valence-electron chi connectivity index (χ1n) is 3.86. The largest absolute Gasteiger partial charge is 0.392 e. The van der Waals surface area contributed by atoms with Crippen LogP contribution in [0.3, 0.4) is 0 Å². The van der Waals surface area contributed by atoms with Crippen molar-refractivity contribution in [2.24, 2.45) is 0 Å². The average molecular weight is 176 g/mol. The van der Waals surface area contributed by atoms with Crippen molar-refractivity contribution in [2.75, 3.05) is 13.1 Å². The van der Waals surface area contributed by atoms with E-state index in [4.69, 9.17) is 17.3 Å². The third-order valence-corrected chi connectivity index (χ3v) is 1.38. The Morgan fingerprint density at radius 3 is 2.64 bits per heavy atom. The second-order valence-corrected chi connectivity index (χ2v) is 2.89. The third kappa shape index (κ3) is 7.55. The van der Waals surface area contributed by atoms with Crippen molar-refractivity contribution < 1.29 is 5.11 Å². The van der Waals surface area contributed by atoms with E-state index in [1.54, 1.807) is 6.92 Å². The van der Waals surface area contributed by atoms with Crippen LogP contribution in [0.2, 0.25) is 0 Å². The molecule has 0 heterocycles. The topological polar surface area (TPSA) is 44.3 Å². The van der Waals surface area contributed by atoms with Crippen molar-refractivity contribution in [1.82, 2.24) is 10.6 Å². The lowest BCUT2D eigenvalue weighted by atomic mass is 10.4. The number of thiocarbonyl (C=S) groups is 1.